The minimum absolute atomic E-state index is 0.0721. The van der Waals surface area contributed by atoms with E-state index in [-0.39, 0.29) is 6.10 Å². The number of rotatable bonds is 3. The van der Waals surface area contributed by atoms with Crippen LogP contribution in [0.3, 0.4) is 0 Å². The third-order valence-corrected chi connectivity index (χ3v) is 3.63. The molecule has 0 spiro atoms. The third kappa shape index (κ3) is 1.81. The molecule has 3 N–H and O–H groups in total. The fourth-order valence-electron chi connectivity index (χ4n) is 2.57. The van der Waals surface area contributed by atoms with Crippen LogP contribution in [0.2, 0.25) is 0 Å². The molecule has 16 heavy (non-hydrogen) atoms. The van der Waals surface area contributed by atoms with E-state index in [4.69, 9.17) is 0 Å². The lowest BCUT2D eigenvalue weighted by atomic mass is 9.89. The number of benzene rings is 1. The molecule has 1 aromatic rings. The zero-order chi connectivity index (χ0) is 11.0. The molecule has 0 atom stereocenters. The minimum Gasteiger partial charge on any atom is -0.393 e. The molecule has 3 nitrogen and oxygen atoms in total. The Morgan fingerprint density at radius 3 is 3.06 bits per heavy atom. The Kier molecular flexibility index (Phi) is 2.58. The van der Waals surface area contributed by atoms with Crippen molar-refractivity contribution in [2.24, 2.45) is 0 Å². The van der Waals surface area contributed by atoms with Crippen molar-refractivity contribution in [2.45, 2.75) is 38.0 Å². The summed E-state index contributed by atoms with van der Waals surface area (Å²) in [5, 5.41) is 16.2. The summed E-state index contributed by atoms with van der Waals surface area (Å²) >= 11 is 0. The highest BCUT2D eigenvalue weighted by Gasteiger charge is 2.26. The normalized spacial score (nSPS) is 27.1. The number of hydrogen-bond acceptors (Lipinski definition) is 3. The number of nitrogens with one attached hydrogen (secondary N) is 2. The number of aliphatic hydroxyl groups excluding tert-OH is 1. The fraction of sp³-hybridized carbons (Fsp3) is 0.538. The highest BCUT2D eigenvalue weighted by molar-refractivity contribution is 5.61. The number of para-hydroxylation sites is 1. The van der Waals surface area contributed by atoms with Gasteiger partial charge in [0.25, 0.3) is 0 Å². The average Bonchev–Trinajstić information content (AvgIpc) is 2.71. The second-order valence-corrected chi connectivity index (χ2v) is 4.83. The lowest BCUT2D eigenvalue weighted by Crippen LogP contribution is -2.43. The standard InChI is InChI=1S/C13H18N2O/c16-12-6-11(7-12)15-8-10-3-1-2-9-4-5-14-13(9)10/h1-3,11-12,14-16H,4-8H2. The predicted molar refractivity (Wildman–Crippen MR) is 64.5 cm³/mol. The minimum atomic E-state index is -0.0721. The summed E-state index contributed by atoms with van der Waals surface area (Å²) in [6.45, 7) is 1.97. The molecule has 3 rings (SSSR count). The van der Waals surface area contributed by atoms with Crippen molar-refractivity contribution in [3.8, 4) is 0 Å². The summed E-state index contributed by atoms with van der Waals surface area (Å²) in [6, 6.07) is 7.02. The molecule has 0 bridgehead atoms. The van der Waals surface area contributed by atoms with Crippen LogP contribution in [0.25, 0.3) is 0 Å². The monoisotopic (exact) mass is 218 g/mol. The lowest BCUT2D eigenvalue weighted by Gasteiger charge is -2.32. The molecule has 0 amide bonds. The Balaban J connectivity index is 1.64. The van der Waals surface area contributed by atoms with E-state index < -0.39 is 0 Å². The van der Waals surface area contributed by atoms with Crippen molar-refractivity contribution >= 4 is 5.69 Å². The average molecular weight is 218 g/mol. The SMILES string of the molecule is OC1CC(NCc2cccc3c2NCC3)C1. The Labute approximate surface area is 95.9 Å². The van der Waals surface area contributed by atoms with Crippen LogP contribution in [0.5, 0.6) is 0 Å². The Morgan fingerprint density at radius 2 is 2.25 bits per heavy atom. The van der Waals surface area contributed by atoms with Crippen molar-refractivity contribution in [1.82, 2.24) is 5.32 Å². The maximum atomic E-state index is 9.22. The van der Waals surface area contributed by atoms with Gasteiger partial charge in [0.05, 0.1) is 6.10 Å². The third-order valence-electron chi connectivity index (χ3n) is 3.63. The van der Waals surface area contributed by atoms with Gasteiger partial charge in [-0.1, -0.05) is 18.2 Å². The molecular formula is C13H18N2O. The molecule has 0 unspecified atom stereocenters. The Hall–Kier alpha value is -1.06. The van der Waals surface area contributed by atoms with Crippen molar-refractivity contribution in [1.29, 1.82) is 0 Å². The van der Waals surface area contributed by atoms with Crippen LogP contribution in [-0.2, 0) is 13.0 Å². The van der Waals surface area contributed by atoms with Crippen molar-refractivity contribution < 1.29 is 5.11 Å². The van der Waals surface area contributed by atoms with E-state index >= 15 is 0 Å². The quantitative estimate of drug-likeness (QED) is 0.716. The van der Waals surface area contributed by atoms with E-state index in [2.05, 4.69) is 28.8 Å². The van der Waals surface area contributed by atoms with E-state index in [9.17, 15) is 5.11 Å². The van der Waals surface area contributed by atoms with Gasteiger partial charge in [-0.25, -0.2) is 0 Å². The Morgan fingerprint density at radius 1 is 1.38 bits per heavy atom. The zero-order valence-electron chi connectivity index (χ0n) is 9.37. The van der Waals surface area contributed by atoms with E-state index in [0.717, 1.165) is 32.4 Å². The molecule has 86 valence electrons. The first-order valence-electron chi connectivity index (χ1n) is 6.09. The smallest absolute Gasteiger partial charge is 0.0570 e. The topological polar surface area (TPSA) is 44.3 Å². The molecule has 1 saturated carbocycles. The van der Waals surface area contributed by atoms with Gasteiger partial charge in [-0.15, -0.1) is 0 Å². The molecule has 1 heterocycles. The molecule has 2 aliphatic rings. The van der Waals surface area contributed by atoms with Crippen molar-refractivity contribution in [3.63, 3.8) is 0 Å². The van der Waals surface area contributed by atoms with Crippen LogP contribution in [0.4, 0.5) is 5.69 Å². The van der Waals surface area contributed by atoms with E-state index in [1.807, 2.05) is 0 Å². The van der Waals surface area contributed by atoms with Gasteiger partial charge in [0.2, 0.25) is 0 Å². The second-order valence-electron chi connectivity index (χ2n) is 4.83. The number of hydrogen-bond donors (Lipinski definition) is 3. The molecule has 0 radical (unpaired) electrons. The van der Waals surface area contributed by atoms with Crippen LogP contribution in [-0.4, -0.2) is 23.8 Å². The molecule has 0 aromatic heterocycles. The van der Waals surface area contributed by atoms with Crippen LogP contribution in [0.15, 0.2) is 18.2 Å². The van der Waals surface area contributed by atoms with E-state index in [1.54, 1.807) is 0 Å². The molecular weight excluding hydrogens is 200 g/mol. The first-order chi connectivity index (χ1) is 7.83. The second kappa shape index (κ2) is 4.07. The molecule has 0 saturated heterocycles. The highest BCUT2D eigenvalue weighted by Crippen LogP contribution is 2.27. The van der Waals surface area contributed by atoms with Crippen molar-refractivity contribution in [2.75, 3.05) is 11.9 Å². The number of aliphatic hydroxyl groups is 1. The predicted octanol–water partition coefficient (Wildman–Crippen LogP) is 1.27. The largest absolute Gasteiger partial charge is 0.393 e. The van der Waals surface area contributed by atoms with Gasteiger partial charge in [0.15, 0.2) is 0 Å². The van der Waals surface area contributed by atoms with Gasteiger partial charge in [-0.3, -0.25) is 0 Å². The first-order valence-corrected chi connectivity index (χ1v) is 6.09. The van der Waals surface area contributed by atoms with E-state index in [0.29, 0.717) is 6.04 Å². The molecule has 1 aliphatic heterocycles. The fourth-order valence-corrected chi connectivity index (χ4v) is 2.57. The molecule has 1 fully saturated rings. The summed E-state index contributed by atoms with van der Waals surface area (Å²) in [4.78, 5) is 0. The molecule has 1 aromatic carbocycles. The van der Waals surface area contributed by atoms with Gasteiger partial charge in [-0.2, -0.15) is 0 Å². The van der Waals surface area contributed by atoms with E-state index in [1.165, 1.54) is 16.8 Å². The maximum Gasteiger partial charge on any atom is 0.0570 e. The maximum absolute atomic E-state index is 9.22. The Bertz CT molecular complexity index is 386. The summed E-state index contributed by atoms with van der Waals surface area (Å²) < 4.78 is 0. The summed E-state index contributed by atoms with van der Waals surface area (Å²) in [6.07, 6.45) is 2.88. The summed E-state index contributed by atoms with van der Waals surface area (Å²) in [5.74, 6) is 0. The highest BCUT2D eigenvalue weighted by atomic mass is 16.3. The van der Waals surface area contributed by atoms with Crippen LogP contribution >= 0.6 is 0 Å². The van der Waals surface area contributed by atoms with Crippen LogP contribution in [0.1, 0.15) is 24.0 Å². The van der Waals surface area contributed by atoms with Gasteiger partial charge >= 0.3 is 0 Å². The zero-order valence-corrected chi connectivity index (χ0v) is 9.37. The lowest BCUT2D eigenvalue weighted by molar-refractivity contribution is 0.0619. The summed E-state index contributed by atoms with van der Waals surface area (Å²) in [5.41, 5.74) is 4.12. The van der Waals surface area contributed by atoms with Crippen LogP contribution in [0, 0.1) is 0 Å². The van der Waals surface area contributed by atoms with Gasteiger partial charge in [0, 0.05) is 24.8 Å². The number of anilines is 1. The number of fused-ring (bicyclic) bond motifs is 1. The van der Waals surface area contributed by atoms with Gasteiger partial charge < -0.3 is 15.7 Å². The molecule has 1 aliphatic carbocycles. The van der Waals surface area contributed by atoms with Crippen molar-refractivity contribution in [3.05, 3.63) is 29.3 Å². The first kappa shape index (κ1) is 10.1. The van der Waals surface area contributed by atoms with Gasteiger partial charge in [-0.05, 0) is 30.4 Å². The van der Waals surface area contributed by atoms with Crippen LogP contribution < -0.4 is 10.6 Å². The van der Waals surface area contributed by atoms with Gasteiger partial charge in [0.1, 0.15) is 0 Å². The molecule has 3 heteroatoms. The summed E-state index contributed by atoms with van der Waals surface area (Å²) in [7, 11) is 0.